The topological polar surface area (TPSA) is 38.1 Å². The summed E-state index contributed by atoms with van der Waals surface area (Å²) >= 11 is 3.13. The Bertz CT molecular complexity index is 681. The molecule has 1 saturated carbocycles. The number of carbonyl (C=O) groups is 1. The van der Waals surface area contributed by atoms with Crippen LogP contribution in [0.5, 0.6) is 0 Å². The fourth-order valence-electron chi connectivity index (χ4n) is 2.25. The smallest absolute Gasteiger partial charge is 0.254 e. The summed E-state index contributed by atoms with van der Waals surface area (Å²) in [5.41, 5.74) is 0.490. The van der Waals surface area contributed by atoms with Crippen LogP contribution in [0.4, 0.5) is 4.39 Å². The monoisotopic (exact) mass is 351 g/mol. The predicted molar refractivity (Wildman–Crippen MR) is 80.2 cm³/mol. The Morgan fingerprint density at radius 2 is 2.29 bits per heavy atom. The summed E-state index contributed by atoms with van der Waals surface area (Å²) in [5, 5.41) is 0. The molecule has 1 amide bonds. The number of hydrogen-bond donors (Lipinski definition) is 0. The van der Waals surface area contributed by atoms with Crippen LogP contribution in [0.3, 0.4) is 0 Å². The molecular weight excluding hydrogens is 337 g/mol. The molecule has 0 atom stereocenters. The molecule has 1 heterocycles. The summed E-state index contributed by atoms with van der Waals surface area (Å²) < 4.78 is 15.5. The number of hydrogen-bond acceptors (Lipinski definition) is 2. The number of imidazole rings is 1. The SMILES string of the molecule is Cn1ccnc1CN(C(=O)c1ccc(F)c(Br)c1)C1CC1. The van der Waals surface area contributed by atoms with Crippen molar-refractivity contribution < 1.29 is 9.18 Å². The predicted octanol–water partition coefficient (Wildman–Crippen LogP) is 3.13. The van der Waals surface area contributed by atoms with Crippen molar-refractivity contribution >= 4 is 21.8 Å². The number of amides is 1. The van der Waals surface area contributed by atoms with Gasteiger partial charge in [-0.05, 0) is 47.0 Å². The number of benzene rings is 1. The maximum atomic E-state index is 13.3. The first-order chi connectivity index (χ1) is 10.1. The summed E-state index contributed by atoms with van der Waals surface area (Å²) in [4.78, 5) is 18.8. The molecule has 0 unspecified atom stereocenters. The van der Waals surface area contributed by atoms with Crippen molar-refractivity contribution in [1.82, 2.24) is 14.5 Å². The zero-order valence-electron chi connectivity index (χ0n) is 11.6. The largest absolute Gasteiger partial charge is 0.337 e. The van der Waals surface area contributed by atoms with Crippen LogP contribution in [0.25, 0.3) is 0 Å². The van der Waals surface area contributed by atoms with E-state index in [4.69, 9.17) is 0 Å². The molecule has 21 heavy (non-hydrogen) atoms. The van der Waals surface area contributed by atoms with Crippen LogP contribution in [0.15, 0.2) is 35.1 Å². The normalized spacial score (nSPS) is 14.2. The fourth-order valence-corrected chi connectivity index (χ4v) is 2.63. The van der Waals surface area contributed by atoms with Crippen LogP contribution < -0.4 is 0 Å². The zero-order chi connectivity index (χ0) is 15.0. The lowest BCUT2D eigenvalue weighted by Crippen LogP contribution is -2.33. The summed E-state index contributed by atoms with van der Waals surface area (Å²) in [5.74, 6) is 0.395. The highest BCUT2D eigenvalue weighted by Gasteiger charge is 2.33. The highest BCUT2D eigenvalue weighted by molar-refractivity contribution is 9.10. The number of rotatable bonds is 4. The van der Waals surface area contributed by atoms with Gasteiger partial charge in [0.05, 0.1) is 11.0 Å². The van der Waals surface area contributed by atoms with Crippen molar-refractivity contribution in [3.63, 3.8) is 0 Å². The molecule has 0 N–H and O–H groups in total. The Morgan fingerprint density at radius 3 is 2.86 bits per heavy atom. The van der Waals surface area contributed by atoms with E-state index in [0.29, 0.717) is 16.6 Å². The molecule has 3 rings (SSSR count). The van der Waals surface area contributed by atoms with Crippen molar-refractivity contribution in [1.29, 1.82) is 0 Å². The molecular formula is C15H15BrFN3O. The van der Waals surface area contributed by atoms with Gasteiger partial charge in [-0.1, -0.05) is 0 Å². The molecule has 1 aliphatic rings. The molecule has 0 spiro atoms. The fraction of sp³-hybridized carbons (Fsp3) is 0.333. The number of halogens is 2. The van der Waals surface area contributed by atoms with E-state index in [2.05, 4.69) is 20.9 Å². The third-order valence-corrected chi connectivity index (χ3v) is 4.26. The van der Waals surface area contributed by atoms with E-state index in [0.717, 1.165) is 18.7 Å². The Hall–Kier alpha value is -1.69. The molecule has 1 aromatic carbocycles. The number of carbonyl (C=O) groups excluding carboxylic acids is 1. The van der Waals surface area contributed by atoms with Crippen LogP contribution in [-0.2, 0) is 13.6 Å². The first kappa shape index (κ1) is 14.3. The van der Waals surface area contributed by atoms with Gasteiger partial charge in [-0.25, -0.2) is 9.37 Å². The molecule has 1 aliphatic carbocycles. The summed E-state index contributed by atoms with van der Waals surface area (Å²) in [7, 11) is 1.91. The second kappa shape index (κ2) is 5.60. The first-order valence-corrected chi connectivity index (χ1v) is 7.58. The van der Waals surface area contributed by atoms with Crippen molar-refractivity contribution in [2.75, 3.05) is 0 Å². The van der Waals surface area contributed by atoms with Gasteiger partial charge < -0.3 is 9.47 Å². The highest BCUT2D eigenvalue weighted by Crippen LogP contribution is 2.30. The quantitative estimate of drug-likeness (QED) is 0.848. The van der Waals surface area contributed by atoms with Gasteiger partial charge in [0.1, 0.15) is 11.6 Å². The Balaban J connectivity index is 1.85. The standard InChI is InChI=1S/C15H15BrFN3O/c1-19-7-6-18-14(19)9-20(11-3-4-11)15(21)10-2-5-13(17)12(16)8-10/h2,5-8,11H,3-4,9H2,1H3. The minimum Gasteiger partial charge on any atom is -0.337 e. The van der Waals surface area contributed by atoms with Crippen LogP contribution in [-0.4, -0.2) is 26.4 Å². The van der Waals surface area contributed by atoms with Gasteiger partial charge in [0.15, 0.2) is 0 Å². The third-order valence-electron chi connectivity index (χ3n) is 3.65. The third kappa shape index (κ3) is 3.00. The second-order valence-electron chi connectivity index (χ2n) is 5.25. The van der Waals surface area contributed by atoms with Crippen molar-refractivity contribution in [3.05, 3.63) is 52.3 Å². The van der Waals surface area contributed by atoms with E-state index in [1.165, 1.54) is 18.2 Å². The van der Waals surface area contributed by atoms with Gasteiger partial charge in [0.2, 0.25) is 0 Å². The molecule has 0 bridgehead atoms. The van der Waals surface area contributed by atoms with Crippen molar-refractivity contribution in [2.24, 2.45) is 7.05 Å². The van der Waals surface area contributed by atoms with Crippen LogP contribution in [0, 0.1) is 5.82 Å². The maximum Gasteiger partial charge on any atom is 0.254 e. The van der Waals surface area contributed by atoms with E-state index in [9.17, 15) is 9.18 Å². The van der Waals surface area contributed by atoms with E-state index in [1.807, 2.05) is 22.7 Å². The Morgan fingerprint density at radius 1 is 1.52 bits per heavy atom. The number of aromatic nitrogens is 2. The van der Waals surface area contributed by atoms with Crippen molar-refractivity contribution in [3.8, 4) is 0 Å². The molecule has 1 aromatic heterocycles. The van der Waals surface area contributed by atoms with Gasteiger partial charge >= 0.3 is 0 Å². The average molecular weight is 352 g/mol. The van der Waals surface area contributed by atoms with Crippen LogP contribution in [0.1, 0.15) is 29.0 Å². The zero-order valence-corrected chi connectivity index (χ0v) is 13.2. The van der Waals surface area contributed by atoms with Crippen molar-refractivity contribution in [2.45, 2.75) is 25.4 Å². The lowest BCUT2D eigenvalue weighted by atomic mass is 10.2. The molecule has 0 aliphatic heterocycles. The molecule has 2 aromatic rings. The molecule has 0 radical (unpaired) electrons. The van der Waals surface area contributed by atoms with Crippen LogP contribution >= 0.6 is 15.9 Å². The van der Waals surface area contributed by atoms with E-state index in [-0.39, 0.29) is 17.8 Å². The van der Waals surface area contributed by atoms with Gasteiger partial charge in [0.25, 0.3) is 5.91 Å². The molecule has 6 heteroatoms. The summed E-state index contributed by atoms with van der Waals surface area (Å²) in [6.45, 7) is 0.474. The average Bonchev–Trinajstić information content (AvgIpc) is 3.22. The molecule has 1 fully saturated rings. The highest BCUT2D eigenvalue weighted by atomic mass is 79.9. The summed E-state index contributed by atoms with van der Waals surface area (Å²) in [6.07, 6.45) is 5.61. The number of aryl methyl sites for hydroxylation is 1. The molecule has 4 nitrogen and oxygen atoms in total. The van der Waals surface area contributed by atoms with Gasteiger partial charge in [-0.3, -0.25) is 4.79 Å². The molecule has 110 valence electrons. The lowest BCUT2D eigenvalue weighted by Gasteiger charge is -2.22. The van der Waals surface area contributed by atoms with E-state index in [1.54, 1.807) is 6.20 Å². The minimum atomic E-state index is -0.367. The summed E-state index contributed by atoms with van der Waals surface area (Å²) in [6, 6.07) is 4.63. The first-order valence-electron chi connectivity index (χ1n) is 6.78. The minimum absolute atomic E-state index is 0.0822. The van der Waals surface area contributed by atoms with Gasteiger partial charge in [-0.2, -0.15) is 0 Å². The van der Waals surface area contributed by atoms with Crippen LogP contribution in [0.2, 0.25) is 0 Å². The molecule has 0 saturated heterocycles. The van der Waals surface area contributed by atoms with Gasteiger partial charge in [-0.15, -0.1) is 0 Å². The lowest BCUT2D eigenvalue weighted by molar-refractivity contribution is 0.0724. The second-order valence-corrected chi connectivity index (χ2v) is 6.10. The Labute approximate surface area is 130 Å². The maximum absolute atomic E-state index is 13.3. The van der Waals surface area contributed by atoms with E-state index < -0.39 is 0 Å². The number of nitrogens with zero attached hydrogens (tertiary/aromatic N) is 3. The van der Waals surface area contributed by atoms with E-state index >= 15 is 0 Å². The van der Waals surface area contributed by atoms with Gasteiger partial charge in [0, 0.05) is 31.0 Å². The Kier molecular flexibility index (Phi) is 3.80.